The molecule has 2 aromatic rings. The van der Waals surface area contributed by atoms with E-state index in [2.05, 4.69) is 17.9 Å². The molecule has 1 heterocycles. The molecule has 1 aliphatic heterocycles. The fourth-order valence-corrected chi connectivity index (χ4v) is 4.71. The van der Waals surface area contributed by atoms with Gasteiger partial charge in [0.05, 0.1) is 11.7 Å². The van der Waals surface area contributed by atoms with Gasteiger partial charge in [-0.2, -0.15) is 0 Å². The molecular weight excluding hydrogens is 356 g/mol. The Balaban J connectivity index is 1.57. The van der Waals surface area contributed by atoms with Crippen LogP contribution in [0.1, 0.15) is 69.4 Å². The van der Waals surface area contributed by atoms with Gasteiger partial charge in [0, 0.05) is 6.54 Å². The van der Waals surface area contributed by atoms with Crippen LogP contribution in [0.3, 0.4) is 0 Å². The van der Waals surface area contributed by atoms with Crippen molar-refractivity contribution in [1.82, 2.24) is 4.90 Å². The number of piperidine rings is 1. The van der Waals surface area contributed by atoms with Gasteiger partial charge >= 0.3 is 0 Å². The minimum absolute atomic E-state index is 0.0562. The largest absolute Gasteiger partial charge is 0.490 e. The van der Waals surface area contributed by atoms with E-state index < -0.39 is 6.43 Å². The molecule has 2 fully saturated rings. The van der Waals surface area contributed by atoms with Gasteiger partial charge < -0.3 is 4.74 Å². The van der Waals surface area contributed by atoms with Gasteiger partial charge in [-0.15, -0.1) is 0 Å². The molecule has 2 aliphatic rings. The van der Waals surface area contributed by atoms with Crippen LogP contribution in [0.2, 0.25) is 0 Å². The maximum absolute atomic E-state index is 14.0. The number of rotatable bonds is 5. The average molecular weight is 388 g/mol. The number of likely N-dealkylation sites (tertiary alicyclic amines) is 1. The predicted octanol–water partition coefficient (Wildman–Crippen LogP) is 6.72. The number of hydrogen-bond donors (Lipinski definition) is 0. The second-order valence-electron chi connectivity index (χ2n) is 8.67. The summed E-state index contributed by atoms with van der Waals surface area (Å²) in [5.74, 6) is 1.08. The van der Waals surface area contributed by atoms with Gasteiger partial charge in [-0.1, -0.05) is 31.5 Å². The molecule has 1 saturated heterocycles. The molecule has 28 heavy (non-hydrogen) atoms. The summed E-state index contributed by atoms with van der Waals surface area (Å²) in [6.07, 6.45) is 5.48. The Morgan fingerprint density at radius 1 is 1.00 bits per heavy atom. The van der Waals surface area contributed by atoms with Gasteiger partial charge in [-0.05, 0) is 86.0 Å². The maximum atomic E-state index is 14.0. The summed E-state index contributed by atoms with van der Waals surface area (Å²) < 4.78 is 34.0. The molecular formula is C24H31F2NO. The second-order valence-corrected chi connectivity index (χ2v) is 8.67. The normalized spacial score (nSPS) is 24.0. The fraction of sp³-hybridized carbons (Fsp3) is 0.583. The van der Waals surface area contributed by atoms with Crippen molar-refractivity contribution in [2.75, 3.05) is 13.1 Å². The molecule has 0 unspecified atom stereocenters. The van der Waals surface area contributed by atoms with Crippen LogP contribution in [0.5, 0.6) is 5.75 Å². The lowest BCUT2D eigenvalue weighted by atomic mass is 9.89. The number of ether oxygens (including phenoxy) is 1. The van der Waals surface area contributed by atoms with Crippen molar-refractivity contribution in [3.05, 3.63) is 41.5 Å². The zero-order chi connectivity index (χ0) is 19.5. The van der Waals surface area contributed by atoms with E-state index >= 15 is 0 Å². The minimum atomic E-state index is -2.53. The van der Waals surface area contributed by atoms with Gasteiger partial charge in [0.15, 0.2) is 0 Å². The molecule has 4 heteroatoms. The Labute approximate surface area is 166 Å². The monoisotopic (exact) mass is 387 g/mol. The SMILES string of the molecule is CC1CCC(Oc2ccc3cc(CN4CCCCC4)ccc3c2C(F)F)CC1. The lowest BCUT2D eigenvalue weighted by Gasteiger charge is -2.28. The van der Waals surface area contributed by atoms with Crippen LogP contribution in [0.4, 0.5) is 8.78 Å². The fourth-order valence-electron chi connectivity index (χ4n) is 4.71. The lowest BCUT2D eigenvalue weighted by molar-refractivity contribution is 0.116. The summed E-state index contributed by atoms with van der Waals surface area (Å²) in [5.41, 5.74) is 1.25. The van der Waals surface area contributed by atoms with Gasteiger partial charge in [0.2, 0.25) is 0 Å². The van der Waals surface area contributed by atoms with E-state index in [0.29, 0.717) is 17.1 Å². The van der Waals surface area contributed by atoms with Crippen molar-refractivity contribution in [3.8, 4) is 5.75 Å². The number of halogens is 2. The third kappa shape index (κ3) is 4.48. The van der Waals surface area contributed by atoms with Crippen molar-refractivity contribution < 1.29 is 13.5 Å². The summed E-state index contributed by atoms with van der Waals surface area (Å²) in [7, 11) is 0. The Hall–Kier alpha value is -1.68. The van der Waals surface area contributed by atoms with Crippen LogP contribution in [0, 0.1) is 5.92 Å². The third-order valence-electron chi connectivity index (χ3n) is 6.42. The summed E-state index contributed by atoms with van der Waals surface area (Å²) >= 11 is 0. The zero-order valence-corrected chi connectivity index (χ0v) is 16.8. The summed E-state index contributed by atoms with van der Waals surface area (Å²) in [5, 5.41) is 1.51. The van der Waals surface area contributed by atoms with Crippen molar-refractivity contribution in [1.29, 1.82) is 0 Å². The van der Waals surface area contributed by atoms with E-state index in [9.17, 15) is 8.78 Å². The first-order valence-electron chi connectivity index (χ1n) is 10.8. The van der Waals surface area contributed by atoms with Gasteiger partial charge in [0.25, 0.3) is 6.43 Å². The topological polar surface area (TPSA) is 12.5 Å². The van der Waals surface area contributed by atoms with E-state index in [4.69, 9.17) is 4.74 Å². The van der Waals surface area contributed by atoms with E-state index in [1.165, 1.54) is 24.8 Å². The summed E-state index contributed by atoms with van der Waals surface area (Å²) in [6, 6.07) is 9.65. The molecule has 2 nitrogen and oxygen atoms in total. The number of benzene rings is 2. The molecule has 4 rings (SSSR count). The third-order valence-corrected chi connectivity index (χ3v) is 6.42. The van der Waals surface area contributed by atoms with Crippen LogP contribution in [0.25, 0.3) is 10.8 Å². The Kier molecular flexibility index (Phi) is 6.15. The molecule has 0 spiro atoms. The van der Waals surface area contributed by atoms with Gasteiger partial charge in [-0.25, -0.2) is 8.78 Å². The highest BCUT2D eigenvalue weighted by atomic mass is 19.3. The molecule has 0 bridgehead atoms. The molecule has 0 N–H and O–H groups in total. The first-order valence-corrected chi connectivity index (χ1v) is 10.8. The number of nitrogens with zero attached hydrogens (tertiary/aromatic N) is 1. The molecule has 0 amide bonds. The summed E-state index contributed by atoms with van der Waals surface area (Å²) in [4.78, 5) is 2.46. The lowest BCUT2D eigenvalue weighted by Crippen LogP contribution is -2.29. The highest BCUT2D eigenvalue weighted by Crippen LogP contribution is 2.38. The Bertz CT molecular complexity index is 793. The maximum Gasteiger partial charge on any atom is 0.268 e. The van der Waals surface area contributed by atoms with Crippen molar-refractivity contribution in [2.24, 2.45) is 5.92 Å². The number of fused-ring (bicyclic) bond motifs is 1. The number of alkyl halides is 2. The van der Waals surface area contributed by atoms with Crippen molar-refractivity contribution in [2.45, 2.75) is 70.9 Å². The predicted molar refractivity (Wildman–Crippen MR) is 110 cm³/mol. The molecule has 1 aliphatic carbocycles. The van der Waals surface area contributed by atoms with E-state index in [-0.39, 0.29) is 11.7 Å². The molecule has 0 atom stereocenters. The van der Waals surface area contributed by atoms with Crippen molar-refractivity contribution >= 4 is 10.8 Å². The standard InChI is InChI=1S/C24H31F2NO/c1-17-5-9-20(10-6-17)28-22-12-8-19-15-18(16-27-13-3-2-4-14-27)7-11-21(19)23(22)24(25)26/h7-8,11-12,15,17,20,24H,2-6,9-10,13-14,16H2,1H3. The Morgan fingerprint density at radius 2 is 1.75 bits per heavy atom. The highest BCUT2D eigenvalue weighted by molar-refractivity contribution is 5.88. The average Bonchev–Trinajstić information content (AvgIpc) is 2.70. The first-order chi connectivity index (χ1) is 13.6. The molecule has 0 aromatic heterocycles. The smallest absolute Gasteiger partial charge is 0.268 e. The van der Waals surface area contributed by atoms with E-state index in [1.807, 2.05) is 18.2 Å². The minimum Gasteiger partial charge on any atom is -0.490 e. The molecule has 0 radical (unpaired) electrons. The van der Waals surface area contributed by atoms with Gasteiger partial charge in [0.1, 0.15) is 5.75 Å². The molecule has 1 saturated carbocycles. The first kappa shape index (κ1) is 19.6. The van der Waals surface area contributed by atoms with Crippen molar-refractivity contribution in [3.63, 3.8) is 0 Å². The van der Waals surface area contributed by atoms with Crippen LogP contribution >= 0.6 is 0 Å². The quantitative estimate of drug-likeness (QED) is 0.564. The summed E-state index contributed by atoms with van der Waals surface area (Å²) in [6.45, 7) is 5.41. The van der Waals surface area contributed by atoms with Crippen LogP contribution < -0.4 is 4.74 Å². The van der Waals surface area contributed by atoms with E-state index in [0.717, 1.165) is 50.7 Å². The highest BCUT2D eigenvalue weighted by Gasteiger charge is 2.24. The molecule has 152 valence electrons. The van der Waals surface area contributed by atoms with Crippen LogP contribution in [-0.4, -0.2) is 24.1 Å². The van der Waals surface area contributed by atoms with Crippen LogP contribution in [0.15, 0.2) is 30.3 Å². The van der Waals surface area contributed by atoms with Crippen LogP contribution in [-0.2, 0) is 6.54 Å². The molecule has 2 aromatic carbocycles. The van der Waals surface area contributed by atoms with Gasteiger partial charge in [-0.3, -0.25) is 4.90 Å². The number of hydrogen-bond acceptors (Lipinski definition) is 2. The Morgan fingerprint density at radius 3 is 2.46 bits per heavy atom. The second kappa shape index (κ2) is 8.77. The zero-order valence-electron chi connectivity index (χ0n) is 16.8. The van der Waals surface area contributed by atoms with E-state index in [1.54, 1.807) is 6.07 Å².